The summed E-state index contributed by atoms with van der Waals surface area (Å²) in [4.78, 5) is 2.17. The number of nitrogens with zero attached hydrogens (tertiary/aromatic N) is 1. The van der Waals surface area contributed by atoms with Crippen LogP contribution in [0.2, 0.25) is 0 Å². The highest BCUT2D eigenvalue weighted by atomic mass is 16.4. The minimum absolute atomic E-state index is 0.380. The summed E-state index contributed by atoms with van der Waals surface area (Å²) in [7, 11) is 2.04. The lowest BCUT2D eigenvalue weighted by molar-refractivity contribution is 0.0278. The number of rotatable bonds is 1. The van der Waals surface area contributed by atoms with E-state index in [9.17, 15) is 5.11 Å². The number of likely N-dealkylation sites (tertiary alicyclic amines) is 1. The van der Waals surface area contributed by atoms with E-state index in [2.05, 4.69) is 24.8 Å². The summed E-state index contributed by atoms with van der Waals surface area (Å²) >= 11 is 0. The first-order valence-corrected chi connectivity index (χ1v) is 6.41. The highest BCUT2D eigenvalue weighted by Gasteiger charge is 2.42. The van der Waals surface area contributed by atoms with E-state index in [0.717, 1.165) is 17.4 Å². The summed E-state index contributed by atoms with van der Waals surface area (Å²) < 4.78 is 5.83. The molecule has 2 aromatic rings. The molecule has 3 rings (SSSR count). The summed E-state index contributed by atoms with van der Waals surface area (Å²) in [6.45, 7) is 4.82. The van der Waals surface area contributed by atoms with Gasteiger partial charge in [0.1, 0.15) is 16.9 Å². The van der Waals surface area contributed by atoms with Gasteiger partial charge in [0.15, 0.2) is 0 Å². The number of hydrogen-bond acceptors (Lipinski definition) is 3. The van der Waals surface area contributed by atoms with Crippen LogP contribution in [-0.2, 0) is 5.60 Å². The lowest BCUT2D eigenvalue weighted by Crippen LogP contribution is -2.28. The first-order valence-electron chi connectivity index (χ1n) is 6.41. The molecule has 1 aliphatic heterocycles. The fourth-order valence-corrected chi connectivity index (χ4v) is 2.85. The number of β-amino-alcohol motifs (C(OH)–C–C–N with tert-alkyl or cyclic N) is 1. The van der Waals surface area contributed by atoms with Crippen molar-refractivity contribution in [2.45, 2.75) is 31.9 Å². The molecule has 0 amide bonds. The Morgan fingerprint density at radius 3 is 2.83 bits per heavy atom. The van der Waals surface area contributed by atoms with E-state index < -0.39 is 5.60 Å². The number of fused-ring (bicyclic) bond motifs is 1. The Labute approximate surface area is 107 Å². The van der Waals surface area contributed by atoms with E-state index in [-0.39, 0.29) is 0 Å². The van der Waals surface area contributed by atoms with E-state index in [1.54, 1.807) is 0 Å². The Morgan fingerprint density at radius 1 is 1.39 bits per heavy atom. The first-order chi connectivity index (χ1) is 8.48. The lowest BCUT2D eigenvalue weighted by atomic mass is 9.97. The third-order valence-electron chi connectivity index (χ3n) is 4.03. The Morgan fingerprint density at radius 2 is 2.17 bits per heavy atom. The third kappa shape index (κ3) is 1.74. The van der Waals surface area contributed by atoms with Crippen LogP contribution in [-0.4, -0.2) is 29.6 Å². The normalized spacial score (nSPS) is 29.2. The van der Waals surface area contributed by atoms with Gasteiger partial charge in [-0.2, -0.15) is 0 Å². The number of benzene rings is 1. The molecule has 1 aromatic heterocycles. The molecule has 1 N–H and O–H groups in total. The molecule has 3 heteroatoms. The second-order valence-electron chi connectivity index (χ2n) is 5.65. The summed E-state index contributed by atoms with van der Waals surface area (Å²) in [6, 6.07) is 8.45. The second-order valence-corrected chi connectivity index (χ2v) is 5.65. The van der Waals surface area contributed by atoms with Crippen LogP contribution in [0.15, 0.2) is 28.7 Å². The quantitative estimate of drug-likeness (QED) is 0.839. The van der Waals surface area contributed by atoms with Crippen LogP contribution in [0.25, 0.3) is 11.0 Å². The van der Waals surface area contributed by atoms with Crippen molar-refractivity contribution in [2.24, 2.45) is 0 Å². The molecule has 3 nitrogen and oxygen atoms in total. The minimum atomic E-state index is -0.846. The molecule has 1 fully saturated rings. The molecule has 1 aliphatic rings. The molecule has 0 aliphatic carbocycles. The van der Waals surface area contributed by atoms with Gasteiger partial charge in [-0.15, -0.1) is 0 Å². The van der Waals surface area contributed by atoms with Gasteiger partial charge >= 0.3 is 0 Å². The smallest absolute Gasteiger partial charge is 0.138 e. The molecule has 0 spiro atoms. The van der Waals surface area contributed by atoms with Crippen LogP contribution in [0.1, 0.15) is 24.7 Å². The molecule has 2 atom stereocenters. The molecular formula is C15H19NO2. The van der Waals surface area contributed by atoms with Crippen molar-refractivity contribution in [3.05, 3.63) is 35.6 Å². The van der Waals surface area contributed by atoms with Crippen molar-refractivity contribution in [3.8, 4) is 0 Å². The van der Waals surface area contributed by atoms with Crippen molar-refractivity contribution in [1.82, 2.24) is 4.90 Å². The summed E-state index contributed by atoms with van der Waals surface area (Å²) in [6.07, 6.45) is 0.725. The largest absolute Gasteiger partial charge is 0.458 e. The molecule has 0 radical (unpaired) electrons. The average molecular weight is 245 g/mol. The van der Waals surface area contributed by atoms with Crippen molar-refractivity contribution in [3.63, 3.8) is 0 Å². The maximum atomic E-state index is 10.7. The fraction of sp³-hybridized carbons (Fsp3) is 0.467. The fourth-order valence-electron chi connectivity index (χ4n) is 2.85. The topological polar surface area (TPSA) is 36.6 Å². The van der Waals surface area contributed by atoms with Crippen LogP contribution in [0, 0.1) is 6.92 Å². The molecule has 1 aromatic carbocycles. The van der Waals surface area contributed by atoms with E-state index in [1.165, 1.54) is 5.56 Å². The molecule has 2 unspecified atom stereocenters. The van der Waals surface area contributed by atoms with Gasteiger partial charge in [0.25, 0.3) is 0 Å². The van der Waals surface area contributed by atoms with Crippen molar-refractivity contribution in [2.75, 3.05) is 13.6 Å². The predicted octanol–water partition coefficient (Wildman–Crippen LogP) is 2.65. The summed E-state index contributed by atoms with van der Waals surface area (Å²) in [5, 5.41) is 11.8. The zero-order chi connectivity index (χ0) is 12.9. The van der Waals surface area contributed by atoms with Gasteiger partial charge in [0, 0.05) is 18.0 Å². The Balaban J connectivity index is 2.04. The van der Waals surface area contributed by atoms with Crippen LogP contribution >= 0.6 is 0 Å². The zero-order valence-electron chi connectivity index (χ0n) is 11.1. The monoisotopic (exact) mass is 245 g/mol. The number of likely N-dealkylation sites (N-methyl/N-ethyl adjacent to an activating group) is 1. The molecule has 1 saturated heterocycles. The van der Waals surface area contributed by atoms with Gasteiger partial charge in [0.05, 0.1) is 0 Å². The maximum Gasteiger partial charge on any atom is 0.138 e. The van der Waals surface area contributed by atoms with Crippen LogP contribution in [0.5, 0.6) is 0 Å². The minimum Gasteiger partial charge on any atom is -0.458 e. The highest BCUT2D eigenvalue weighted by molar-refractivity contribution is 5.78. The molecule has 0 bridgehead atoms. The SMILES string of the molecule is Cc1ccc2oc(C3(O)CC(C)N(C)C3)cc2c1. The third-order valence-corrected chi connectivity index (χ3v) is 4.03. The van der Waals surface area contributed by atoms with Gasteiger partial charge in [-0.3, -0.25) is 0 Å². The van der Waals surface area contributed by atoms with Gasteiger partial charge in [0.2, 0.25) is 0 Å². The highest BCUT2D eigenvalue weighted by Crippen LogP contribution is 2.37. The number of furan rings is 1. The average Bonchev–Trinajstić information content (AvgIpc) is 2.81. The Hall–Kier alpha value is -1.32. The summed E-state index contributed by atoms with van der Waals surface area (Å²) in [5.74, 6) is 0.694. The summed E-state index contributed by atoms with van der Waals surface area (Å²) in [5.41, 5.74) is 1.21. The van der Waals surface area contributed by atoms with Gasteiger partial charge < -0.3 is 14.4 Å². The van der Waals surface area contributed by atoms with Crippen LogP contribution in [0.4, 0.5) is 0 Å². The standard InChI is InChI=1S/C15H19NO2/c1-10-4-5-13-12(6-10)7-14(18-13)15(17)8-11(2)16(3)9-15/h4-7,11,17H,8-9H2,1-3H3. The van der Waals surface area contributed by atoms with Gasteiger partial charge in [-0.05, 0) is 45.5 Å². The van der Waals surface area contributed by atoms with Crippen molar-refractivity contribution in [1.29, 1.82) is 0 Å². The lowest BCUT2D eigenvalue weighted by Gasteiger charge is -2.19. The molecule has 0 saturated carbocycles. The second kappa shape index (κ2) is 3.84. The first kappa shape index (κ1) is 11.8. The number of hydrogen-bond donors (Lipinski definition) is 1. The van der Waals surface area contributed by atoms with E-state index in [0.29, 0.717) is 18.3 Å². The molecule has 18 heavy (non-hydrogen) atoms. The molecular weight excluding hydrogens is 226 g/mol. The molecule has 2 heterocycles. The number of aryl methyl sites for hydroxylation is 1. The Bertz CT molecular complexity index is 577. The zero-order valence-corrected chi connectivity index (χ0v) is 11.1. The van der Waals surface area contributed by atoms with Crippen molar-refractivity contribution < 1.29 is 9.52 Å². The number of aliphatic hydroxyl groups is 1. The van der Waals surface area contributed by atoms with Gasteiger partial charge in [-0.1, -0.05) is 11.6 Å². The van der Waals surface area contributed by atoms with Crippen LogP contribution < -0.4 is 0 Å². The predicted molar refractivity (Wildman–Crippen MR) is 71.6 cm³/mol. The van der Waals surface area contributed by atoms with Gasteiger partial charge in [-0.25, -0.2) is 0 Å². The van der Waals surface area contributed by atoms with E-state index >= 15 is 0 Å². The van der Waals surface area contributed by atoms with Crippen molar-refractivity contribution >= 4 is 11.0 Å². The molecule has 96 valence electrons. The van der Waals surface area contributed by atoms with E-state index in [1.807, 2.05) is 25.2 Å². The van der Waals surface area contributed by atoms with E-state index in [4.69, 9.17) is 4.42 Å². The van der Waals surface area contributed by atoms with Crippen LogP contribution in [0.3, 0.4) is 0 Å². The Kier molecular flexibility index (Phi) is 2.50. The maximum absolute atomic E-state index is 10.7.